The van der Waals surface area contributed by atoms with Gasteiger partial charge in [0.1, 0.15) is 0 Å². The number of rotatable bonds is 27. The molecule has 2 nitrogen and oxygen atoms in total. The molecule has 0 saturated carbocycles. The number of hydrogen-bond acceptors (Lipinski definition) is 2. The zero-order chi connectivity index (χ0) is 43.5. The van der Waals surface area contributed by atoms with Crippen LogP contribution < -0.4 is 0 Å². The highest BCUT2D eigenvalue weighted by Crippen LogP contribution is 2.33. The fourth-order valence-corrected chi connectivity index (χ4v) is 9.32. The number of hydrogen-bond donors (Lipinski definition) is 0. The Kier molecular flexibility index (Phi) is 27.2. The number of unbranched alkanes of at least 4 members (excludes halogenated alkanes) is 11. The quantitative estimate of drug-likeness (QED) is 0.0645. The zero-order valence-corrected chi connectivity index (χ0v) is 41.2. The Bertz CT molecular complexity index is 1250. The normalized spacial score (nSPS) is 16.9. The molecule has 1 atom stereocenters. The molecular weight excluding hydrogens is 713 g/mol. The second-order valence-corrected chi connectivity index (χ2v) is 21.0. The maximum Gasteiger partial charge on any atom is 0.0120 e. The number of benzene rings is 1. The molecule has 2 heteroatoms. The molecule has 1 unspecified atom stereocenters. The lowest BCUT2D eigenvalue weighted by Gasteiger charge is -2.42. The van der Waals surface area contributed by atoms with Crippen LogP contribution in [0.25, 0.3) is 6.08 Å². The first-order chi connectivity index (χ1) is 28.2. The Morgan fingerprint density at radius 1 is 0.627 bits per heavy atom. The second-order valence-electron chi connectivity index (χ2n) is 21.0. The summed E-state index contributed by atoms with van der Waals surface area (Å²) in [6, 6.07) is 7.64. The molecular formula is C57H100N2. The SMILES string of the molecule is C=C(CCCCCCCCCC/C=C\CCCCC)CCC(CCC)CCC(=C)C1CCN(C2CCN(CC)CC2)CC1.C=Cc1cc(C(C)(C)C)cc(C(C)(C)C)c1. The summed E-state index contributed by atoms with van der Waals surface area (Å²) in [4.78, 5) is 5.44. The van der Waals surface area contributed by atoms with Gasteiger partial charge in [0.15, 0.2) is 0 Å². The molecule has 0 N–H and O–H groups in total. The Labute approximate surface area is 370 Å². The van der Waals surface area contributed by atoms with Crippen molar-refractivity contribution >= 4 is 6.08 Å². The molecule has 2 aliphatic heterocycles. The largest absolute Gasteiger partial charge is 0.303 e. The number of piperidine rings is 2. The average Bonchev–Trinajstić information content (AvgIpc) is 3.22. The van der Waals surface area contributed by atoms with Gasteiger partial charge in [-0.3, -0.25) is 0 Å². The van der Waals surface area contributed by atoms with E-state index in [4.69, 9.17) is 0 Å². The zero-order valence-electron chi connectivity index (χ0n) is 41.2. The van der Waals surface area contributed by atoms with E-state index >= 15 is 0 Å². The predicted molar refractivity (Wildman–Crippen MR) is 268 cm³/mol. The highest BCUT2D eigenvalue weighted by atomic mass is 15.2. The molecule has 1 aromatic carbocycles. The van der Waals surface area contributed by atoms with Crippen molar-refractivity contribution in [3.63, 3.8) is 0 Å². The minimum atomic E-state index is 0.193. The van der Waals surface area contributed by atoms with E-state index in [1.54, 1.807) is 5.57 Å². The summed E-state index contributed by atoms with van der Waals surface area (Å²) in [6.07, 6.45) is 39.3. The van der Waals surface area contributed by atoms with Crippen molar-refractivity contribution in [1.82, 2.24) is 9.80 Å². The highest BCUT2D eigenvalue weighted by molar-refractivity contribution is 5.52. The van der Waals surface area contributed by atoms with E-state index in [0.29, 0.717) is 0 Å². The lowest BCUT2D eigenvalue weighted by molar-refractivity contribution is 0.0840. The van der Waals surface area contributed by atoms with Gasteiger partial charge in [-0.05, 0) is 162 Å². The van der Waals surface area contributed by atoms with Crippen LogP contribution in [0.4, 0.5) is 0 Å². The van der Waals surface area contributed by atoms with E-state index in [0.717, 1.165) is 17.9 Å². The van der Waals surface area contributed by atoms with Crippen LogP contribution >= 0.6 is 0 Å². The topological polar surface area (TPSA) is 6.48 Å². The van der Waals surface area contributed by atoms with Gasteiger partial charge >= 0.3 is 0 Å². The first kappa shape index (κ1) is 53.2. The van der Waals surface area contributed by atoms with Gasteiger partial charge in [0.25, 0.3) is 0 Å². The Balaban J connectivity index is 0.000000624. The van der Waals surface area contributed by atoms with Gasteiger partial charge in [-0.15, -0.1) is 0 Å². The van der Waals surface area contributed by atoms with Crippen molar-refractivity contribution in [2.24, 2.45) is 11.8 Å². The van der Waals surface area contributed by atoms with Gasteiger partial charge in [0.2, 0.25) is 0 Å². The first-order valence-electron chi connectivity index (χ1n) is 25.5. The van der Waals surface area contributed by atoms with E-state index in [9.17, 15) is 0 Å². The van der Waals surface area contributed by atoms with E-state index in [2.05, 4.69) is 122 Å². The van der Waals surface area contributed by atoms with Crippen LogP contribution in [-0.4, -0.2) is 48.6 Å². The van der Waals surface area contributed by atoms with E-state index in [-0.39, 0.29) is 10.8 Å². The van der Waals surface area contributed by atoms with Crippen molar-refractivity contribution in [3.05, 3.63) is 77.9 Å². The van der Waals surface area contributed by atoms with Gasteiger partial charge in [0.05, 0.1) is 0 Å². The van der Waals surface area contributed by atoms with E-state index in [1.807, 2.05) is 6.08 Å². The lowest BCUT2D eigenvalue weighted by Crippen LogP contribution is -2.47. The van der Waals surface area contributed by atoms with Crippen molar-refractivity contribution in [3.8, 4) is 0 Å². The smallest absolute Gasteiger partial charge is 0.0120 e. The van der Waals surface area contributed by atoms with Crippen LogP contribution in [0, 0.1) is 11.8 Å². The van der Waals surface area contributed by atoms with Gasteiger partial charge in [0, 0.05) is 6.04 Å². The third-order valence-electron chi connectivity index (χ3n) is 13.8. The third-order valence-corrected chi connectivity index (χ3v) is 13.8. The minimum Gasteiger partial charge on any atom is -0.303 e. The molecule has 0 bridgehead atoms. The summed E-state index contributed by atoms with van der Waals surface area (Å²) in [7, 11) is 0. The summed E-state index contributed by atoms with van der Waals surface area (Å²) >= 11 is 0. The van der Waals surface area contributed by atoms with Crippen LogP contribution in [0.15, 0.2) is 61.2 Å². The van der Waals surface area contributed by atoms with E-state index < -0.39 is 0 Å². The molecule has 0 aromatic heterocycles. The van der Waals surface area contributed by atoms with Crippen LogP contribution in [0.3, 0.4) is 0 Å². The van der Waals surface area contributed by atoms with Crippen LogP contribution in [0.5, 0.6) is 0 Å². The van der Waals surface area contributed by atoms with Crippen molar-refractivity contribution in [2.45, 2.75) is 233 Å². The summed E-state index contributed by atoms with van der Waals surface area (Å²) < 4.78 is 0. The first-order valence-corrected chi connectivity index (χ1v) is 25.5. The Morgan fingerprint density at radius 2 is 1.15 bits per heavy atom. The third kappa shape index (κ3) is 23.2. The van der Waals surface area contributed by atoms with Crippen molar-refractivity contribution in [2.75, 3.05) is 32.7 Å². The average molecular weight is 813 g/mol. The predicted octanol–water partition coefficient (Wildman–Crippen LogP) is 17.2. The molecule has 0 radical (unpaired) electrons. The maximum absolute atomic E-state index is 4.62. The Morgan fingerprint density at radius 3 is 1.66 bits per heavy atom. The van der Waals surface area contributed by atoms with Gasteiger partial charge < -0.3 is 9.80 Å². The second kappa shape index (κ2) is 30.2. The molecule has 3 rings (SSSR count). The minimum absolute atomic E-state index is 0.193. The molecule has 338 valence electrons. The molecule has 59 heavy (non-hydrogen) atoms. The van der Waals surface area contributed by atoms with Gasteiger partial charge in [-0.25, -0.2) is 0 Å². The highest BCUT2D eigenvalue weighted by Gasteiger charge is 2.29. The van der Waals surface area contributed by atoms with Crippen LogP contribution in [0.2, 0.25) is 0 Å². The fourth-order valence-electron chi connectivity index (χ4n) is 9.32. The number of nitrogens with zero attached hydrogens (tertiary/aromatic N) is 2. The molecule has 1 aromatic rings. The van der Waals surface area contributed by atoms with Crippen LogP contribution in [-0.2, 0) is 10.8 Å². The number of allylic oxidation sites excluding steroid dienone is 4. The molecule has 2 fully saturated rings. The molecule has 0 amide bonds. The maximum atomic E-state index is 4.62. The van der Waals surface area contributed by atoms with Crippen molar-refractivity contribution < 1.29 is 0 Å². The molecule has 2 heterocycles. The van der Waals surface area contributed by atoms with E-state index in [1.165, 1.54) is 209 Å². The fraction of sp³-hybridized carbons (Fsp3) is 0.754. The standard InChI is InChI=1S/C41H76N2.C16H24/c1-6-9-10-11-12-13-14-15-16-17-18-19-20-21-22-24-37(4)25-27-39(23-7-2)28-26-38(5)40-29-35-43(36-30-40)41-31-33-42(8-3)34-32-41;1-8-12-9-13(15(2,3)4)11-14(10-12)16(5,6)7/h12-13,39-41H,4-11,14-36H2,1-3H3;8-11H,1H2,2-7H3/b13-12-;. The molecule has 0 spiro atoms. The molecule has 2 saturated heterocycles. The summed E-state index contributed by atoms with van der Waals surface area (Å²) in [5.41, 5.74) is 7.45. The molecule has 0 aliphatic carbocycles. The summed E-state index contributed by atoms with van der Waals surface area (Å²) in [5, 5.41) is 0. The molecule has 2 aliphatic rings. The van der Waals surface area contributed by atoms with Crippen molar-refractivity contribution in [1.29, 1.82) is 0 Å². The summed E-state index contributed by atoms with van der Waals surface area (Å²) in [6.45, 7) is 39.9. The Hall–Kier alpha value is -1.90. The van der Waals surface area contributed by atoms with Gasteiger partial charge in [-0.2, -0.15) is 0 Å². The van der Waals surface area contributed by atoms with Crippen LogP contribution in [0.1, 0.15) is 233 Å². The lowest BCUT2D eigenvalue weighted by atomic mass is 9.79. The monoisotopic (exact) mass is 813 g/mol. The summed E-state index contributed by atoms with van der Waals surface area (Å²) in [5.74, 6) is 1.63. The van der Waals surface area contributed by atoms with Gasteiger partial charge in [-0.1, -0.05) is 194 Å². The number of likely N-dealkylation sites (tertiary alicyclic amines) is 2.